The Morgan fingerprint density at radius 2 is 2.07 bits per heavy atom. The standard InChI is InChI=1S/C21H20N4O2S2/c1-12-8-9-14-16(10-12)29-19-17(14)18(27)24(2)20-22-23-21(25(19)20)28-11-15(26)13-6-4-3-5-7-13/h3-7,12H,8-11H2,1-2H3/t12-/m0/s1. The fourth-order valence-electron chi connectivity index (χ4n) is 3.96. The molecule has 1 atom stereocenters. The molecule has 8 heteroatoms. The monoisotopic (exact) mass is 424 g/mol. The van der Waals surface area contributed by atoms with E-state index in [9.17, 15) is 9.59 Å². The Hall–Kier alpha value is -2.45. The normalized spacial score (nSPS) is 16.4. The third-order valence-electron chi connectivity index (χ3n) is 5.56. The number of hydrogen-bond acceptors (Lipinski definition) is 6. The largest absolute Gasteiger partial charge is 0.293 e. The summed E-state index contributed by atoms with van der Waals surface area (Å²) in [5, 5.41) is 10.0. The highest BCUT2D eigenvalue weighted by Crippen LogP contribution is 2.37. The van der Waals surface area contributed by atoms with E-state index in [1.54, 1.807) is 23.0 Å². The van der Waals surface area contributed by atoms with Crippen LogP contribution in [-0.2, 0) is 19.9 Å². The summed E-state index contributed by atoms with van der Waals surface area (Å²) in [5.41, 5.74) is 1.87. The average Bonchev–Trinajstić information content (AvgIpc) is 3.32. The summed E-state index contributed by atoms with van der Waals surface area (Å²) < 4.78 is 3.52. The number of ketones is 1. The highest BCUT2D eigenvalue weighted by Gasteiger charge is 2.26. The Morgan fingerprint density at radius 3 is 2.86 bits per heavy atom. The molecule has 1 aliphatic carbocycles. The molecule has 0 aliphatic heterocycles. The van der Waals surface area contributed by atoms with Crippen LogP contribution in [0.1, 0.15) is 34.1 Å². The molecule has 0 unspecified atom stereocenters. The van der Waals surface area contributed by atoms with Crippen molar-refractivity contribution in [3.05, 3.63) is 56.7 Å². The zero-order chi connectivity index (χ0) is 20.1. The maximum atomic E-state index is 13.0. The smallest absolute Gasteiger partial charge is 0.263 e. The Labute approximate surface area is 175 Å². The van der Waals surface area contributed by atoms with Crippen molar-refractivity contribution in [2.24, 2.45) is 13.0 Å². The molecule has 4 aromatic rings. The minimum atomic E-state index is -0.0103. The number of aryl methyl sites for hydroxylation is 2. The molecule has 29 heavy (non-hydrogen) atoms. The first-order valence-corrected chi connectivity index (χ1v) is 11.4. The molecule has 0 radical (unpaired) electrons. The van der Waals surface area contributed by atoms with Crippen LogP contribution in [0.25, 0.3) is 16.0 Å². The van der Waals surface area contributed by atoms with Gasteiger partial charge in [0.1, 0.15) is 4.83 Å². The van der Waals surface area contributed by atoms with Crippen LogP contribution < -0.4 is 5.56 Å². The SMILES string of the molecule is C[C@H]1CCc2c(sc3c2c(=O)n(C)c2nnc(SCC(=O)c4ccccc4)n32)C1. The molecule has 3 aromatic heterocycles. The second kappa shape index (κ2) is 7.11. The summed E-state index contributed by atoms with van der Waals surface area (Å²) in [4.78, 5) is 27.8. The second-order valence-electron chi connectivity index (χ2n) is 7.59. The maximum Gasteiger partial charge on any atom is 0.263 e. The van der Waals surface area contributed by atoms with Crippen molar-refractivity contribution >= 4 is 44.9 Å². The van der Waals surface area contributed by atoms with Crippen molar-refractivity contribution in [2.75, 3.05) is 5.75 Å². The predicted molar refractivity (Wildman–Crippen MR) is 116 cm³/mol. The van der Waals surface area contributed by atoms with Crippen LogP contribution in [0.15, 0.2) is 40.3 Å². The zero-order valence-electron chi connectivity index (χ0n) is 16.2. The van der Waals surface area contributed by atoms with Gasteiger partial charge in [-0.3, -0.25) is 14.2 Å². The Balaban J connectivity index is 1.60. The first-order chi connectivity index (χ1) is 14.0. The van der Waals surface area contributed by atoms with Crippen molar-refractivity contribution in [1.29, 1.82) is 0 Å². The summed E-state index contributed by atoms with van der Waals surface area (Å²) in [5.74, 6) is 1.47. The molecule has 0 saturated heterocycles. The highest BCUT2D eigenvalue weighted by atomic mass is 32.2. The number of carbonyl (C=O) groups excluding carboxylic acids is 1. The fraction of sp³-hybridized carbons (Fsp3) is 0.333. The van der Waals surface area contributed by atoms with Crippen LogP contribution >= 0.6 is 23.1 Å². The lowest BCUT2D eigenvalue weighted by molar-refractivity contribution is 0.102. The minimum Gasteiger partial charge on any atom is -0.293 e. The number of benzene rings is 1. The summed E-state index contributed by atoms with van der Waals surface area (Å²) >= 11 is 3.04. The molecule has 1 aromatic carbocycles. The molecule has 0 fully saturated rings. The second-order valence-corrected chi connectivity index (χ2v) is 9.62. The molecule has 3 heterocycles. The van der Waals surface area contributed by atoms with Crippen LogP contribution in [0, 0.1) is 5.92 Å². The molecule has 148 valence electrons. The van der Waals surface area contributed by atoms with Crippen molar-refractivity contribution in [3.8, 4) is 0 Å². The molecule has 0 saturated carbocycles. The van der Waals surface area contributed by atoms with Gasteiger partial charge in [-0.05, 0) is 30.7 Å². The Bertz CT molecular complexity index is 1300. The number of fused-ring (bicyclic) bond motifs is 5. The first kappa shape index (κ1) is 18.6. The van der Waals surface area contributed by atoms with Crippen LogP contribution in [-0.4, -0.2) is 30.7 Å². The van der Waals surface area contributed by atoms with E-state index in [0.717, 1.165) is 29.5 Å². The number of thiophene rings is 1. The van der Waals surface area contributed by atoms with Crippen molar-refractivity contribution in [1.82, 2.24) is 19.2 Å². The van der Waals surface area contributed by atoms with Crippen LogP contribution in [0.2, 0.25) is 0 Å². The molecule has 0 amide bonds. The Morgan fingerprint density at radius 1 is 1.28 bits per heavy atom. The van der Waals surface area contributed by atoms with E-state index in [1.807, 2.05) is 34.7 Å². The minimum absolute atomic E-state index is 0.0103. The van der Waals surface area contributed by atoms with Gasteiger partial charge in [0.2, 0.25) is 5.78 Å². The van der Waals surface area contributed by atoms with Crippen LogP contribution in [0.3, 0.4) is 0 Å². The molecule has 0 bridgehead atoms. The van der Waals surface area contributed by atoms with Crippen LogP contribution in [0.4, 0.5) is 0 Å². The number of aromatic nitrogens is 4. The van der Waals surface area contributed by atoms with Gasteiger partial charge in [-0.25, -0.2) is 4.40 Å². The number of rotatable bonds is 4. The summed E-state index contributed by atoms with van der Waals surface area (Å²) in [6, 6.07) is 9.26. The molecular formula is C21H20N4O2S2. The Kier molecular flexibility index (Phi) is 4.55. The van der Waals surface area contributed by atoms with E-state index in [1.165, 1.54) is 22.2 Å². The zero-order valence-corrected chi connectivity index (χ0v) is 17.8. The quantitative estimate of drug-likeness (QED) is 0.369. The van der Waals surface area contributed by atoms with Gasteiger partial charge in [0, 0.05) is 17.5 Å². The van der Waals surface area contributed by atoms with Gasteiger partial charge < -0.3 is 0 Å². The lowest BCUT2D eigenvalue weighted by atomic mass is 9.89. The van der Waals surface area contributed by atoms with E-state index in [2.05, 4.69) is 17.1 Å². The third-order valence-corrected chi connectivity index (χ3v) is 7.73. The molecule has 0 spiro atoms. The van der Waals surface area contributed by atoms with Gasteiger partial charge in [-0.1, -0.05) is 49.0 Å². The van der Waals surface area contributed by atoms with Crippen LogP contribution in [0.5, 0.6) is 0 Å². The van der Waals surface area contributed by atoms with Gasteiger partial charge >= 0.3 is 0 Å². The average molecular weight is 425 g/mol. The molecular weight excluding hydrogens is 404 g/mol. The molecule has 1 aliphatic rings. The summed E-state index contributed by atoms with van der Waals surface area (Å²) in [6.07, 6.45) is 3.06. The summed E-state index contributed by atoms with van der Waals surface area (Å²) in [6.45, 7) is 2.26. The van der Waals surface area contributed by atoms with E-state index in [0.29, 0.717) is 22.4 Å². The van der Waals surface area contributed by atoms with E-state index >= 15 is 0 Å². The van der Waals surface area contributed by atoms with Crippen molar-refractivity contribution in [3.63, 3.8) is 0 Å². The van der Waals surface area contributed by atoms with Gasteiger partial charge in [-0.15, -0.1) is 21.5 Å². The van der Waals surface area contributed by atoms with Crippen molar-refractivity contribution in [2.45, 2.75) is 31.3 Å². The first-order valence-electron chi connectivity index (χ1n) is 9.64. The fourth-order valence-corrected chi connectivity index (χ4v) is 6.35. The van der Waals surface area contributed by atoms with E-state index < -0.39 is 0 Å². The van der Waals surface area contributed by atoms with Gasteiger partial charge in [0.25, 0.3) is 5.56 Å². The lowest BCUT2D eigenvalue weighted by Crippen LogP contribution is -2.21. The molecule has 5 rings (SSSR count). The number of hydrogen-bond donors (Lipinski definition) is 0. The maximum absolute atomic E-state index is 13.0. The number of carbonyl (C=O) groups is 1. The number of thioether (sulfide) groups is 1. The van der Waals surface area contributed by atoms with Gasteiger partial charge in [-0.2, -0.15) is 0 Å². The lowest BCUT2D eigenvalue weighted by Gasteiger charge is -2.17. The topological polar surface area (TPSA) is 69.3 Å². The van der Waals surface area contributed by atoms with E-state index in [-0.39, 0.29) is 17.1 Å². The highest BCUT2D eigenvalue weighted by molar-refractivity contribution is 7.99. The van der Waals surface area contributed by atoms with E-state index in [4.69, 9.17) is 0 Å². The van der Waals surface area contributed by atoms with Gasteiger partial charge in [0.15, 0.2) is 10.9 Å². The number of Topliss-reactive ketones (excluding diaryl/α,β-unsaturated/α-hetero) is 1. The number of nitrogens with zero attached hydrogens (tertiary/aromatic N) is 4. The third kappa shape index (κ3) is 3.02. The molecule has 6 nitrogen and oxygen atoms in total. The van der Waals surface area contributed by atoms with Gasteiger partial charge in [0.05, 0.1) is 11.1 Å². The predicted octanol–water partition coefficient (Wildman–Crippen LogP) is 3.74. The summed E-state index contributed by atoms with van der Waals surface area (Å²) in [7, 11) is 1.74. The molecule has 0 N–H and O–H groups in total. The van der Waals surface area contributed by atoms with Crippen molar-refractivity contribution < 1.29 is 4.79 Å².